The standard InChI is InChI=1S/C23H20F6N4O2.ClH/c1-13(32-34-12-14-8-18(22(24,25)26)10-19(9-14)23(27,28)29)15-2-4-16(5-3-15)20-31-21(35-33-20)17-6-7-30-11-17;/h2-5,8-10,17,30H,6-7,11-12H2,1H3;1H/t17-;/m1./s1. The molecule has 6 nitrogen and oxygen atoms in total. The van der Waals surface area contributed by atoms with E-state index in [1.165, 1.54) is 0 Å². The van der Waals surface area contributed by atoms with Gasteiger partial charge in [-0.05, 0) is 49.2 Å². The summed E-state index contributed by atoms with van der Waals surface area (Å²) in [7, 11) is 0. The number of hydrogen-bond acceptors (Lipinski definition) is 6. The highest BCUT2D eigenvalue weighted by Gasteiger charge is 2.37. The average molecular weight is 535 g/mol. The van der Waals surface area contributed by atoms with E-state index in [2.05, 4.69) is 20.6 Å². The van der Waals surface area contributed by atoms with Gasteiger partial charge in [0.15, 0.2) is 0 Å². The van der Waals surface area contributed by atoms with Gasteiger partial charge >= 0.3 is 12.4 Å². The van der Waals surface area contributed by atoms with Gasteiger partial charge in [-0.15, -0.1) is 12.4 Å². The van der Waals surface area contributed by atoms with Gasteiger partial charge < -0.3 is 14.7 Å². The van der Waals surface area contributed by atoms with Crippen molar-refractivity contribution in [3.05, 3.63) is 70.6 Å². The fourth-order valence-corrected chi connectivity index (χ4v) is 3.60. The van der Waals surface area contributed by atoms with Crippen molar-refractivity contribution in [2.45, 2.75) is 38.2 Å². The van der Waals surface area contributed by atoms with Crippen molar-refractivity contribution in [3.8, 4) is 11.4 Å². The fourth-order valence-electron chi connectivity index (χ4n) is 3.60. The maximum atomic E-state index is 13.0. The number of nitrogens with one attached hydrogen (secondary N) is 1. The molecule has 0 amide bonds. The largest absolute Gasteiger partial charge is 0.416 e. The summed E-state index contributed by atoms with van der Waals surface area (Å²) in [4.78, 5) is 9.49. The third-order valence-corrected chi connectivity index (χ3v) is 5.49. The van der Waals surface area contributed by atoms with Gasteiger partial charge in [0.25, 0.3) is 0 Å². The van der Waals surface area contributed by atoms with Crippen molar-refractivity contribution in [2.24, 2.45) is 5.16 Å². The van der Waals surface area contributed by atoms with E-state index in [0.717, 1.165) is 19.5 Å². The van der Waals surface area contributed by atoms with E-state index < -0.39 is 30.1 Å². The summed E-state index contributed by atoms with van der Waals surface area (Å²) in [6.07, 6.45) is -8.93. The number of halogens is 7. The molecule has 0 aliphatic carbocycles. The molecule has 1 fully saturated rings. The van der Waals surface area contributed by atoms with E-state index in [4.69, 9.17) is 9.36 Å². The molecule has 0 bridgehead atoms. The Bertz CT molecular complexity index is 1170. The van der Waals surface area contributed by atoms with Crippen LogP contribution >= 0.6 is 12.4 Å². The highest BCUT2D eigenvalue weighted by Crippen LogP contribution is 2.36. The second-order valence-electron chi connectivity index (χ2n) is 8.09. The highest BCUT2D eigenvalue weighted by atomic mass is 35.5. The van der Waals surface area contributed by atoms with Crippen LogP contribution in [0.15, 0.2) is 52.1 Å². The summed E-state index contributed by atoms with van der Waals surface area (Å²) in [5.74, 6) is 1.20. The molecule has 1 aromatic heterocycles. The molecular formula is C23H21ClF6N4O2. The van der Waals surface area contributed by atoms with Gasteiger partial charge in [0.05, 0.1) is 22.8 Å². The van der Waals surface area contributed by atoms with Crippen LogP contribution in [-0.4, -0.2) is 28.9 Å². The van der Waals surface area contributed by atoms with Crippen molar-refractivity contribution in [3.63, 3.8) is 0 Å². The van der Waals surface area contributed by atoms with Crippen LogP contribution < -0.4 is 5.32 Å². The Hall–Kier alpha value is -3.12. The van der Waals surface area contributed by atoms with Crippen LogP contribution in [0, 0.1) is 0 Å². The molecule has 0 radical (unpaired) electrons. The van der Waals surface area contributed by atoms with Gasteiger partial charge in [0, 0.05) is 12.1 Å². The first kappa shape index (κ1) is 27.5. The molecule has 0 saturated carbocycles. The first-order valence-electron chi connectivity index (χ1n) is 10.6. The predicted octanol–water partition coefficient (Wildman–Crippen LogP) is 6.21. The van der Waals surface area contributed by atoms with Crippen LogP contribution in [0.5, 0.6) is 0 Å². The smallest absolute Gasteiger partial charge is 0.391 e. The number of benzene rings is 2. The summed E-state index contributed by atoms with van der Waals surface area (Å²) in [6.45, 7) is 2.72. The van der Waals surface area contributed by atoms with E-state index in [9.17, 15) is 26.3 Å². The summed E-state index contributed by atoms with van der Waals surface area (Å²) >= 11 is 0. The third kappa shape index (κ3) is 6.55. The molecule has 13 heteroatoms. The normalized spacial score (nSPS) is 16.6. The first-order chi connectivity index (χ1) is 16.5. The molecule has 2 heterocycles. The number of oxime groups is 1. The topological polar surface area (TPSA) is 72.5 Å². The molecule has 1 aliphatic heterocycles. The lowest BCUT2D eigenvalue weighted by atomic mass is 10.1. The van der Waals surface area contributed by atoms with Gasteiger partial charge in [-0.3, -0.25) is 0 Å². The minimum absolute atomic E-state index is 0. The molecule has 1 N–H and O–H groups in total. The Balaban J connectivity index is 0.00000361. The lowest BCUT2D eigenvalue weighted by molar-refractivity contribution is -0.143. The molecule has 1 saturated heterocycles. The summed E-state index contributed by atoms with van der Waals surface area (Å²) in [5, 5.41) is 11.1. The number of alkyl halides is 6. The van der Waals surface area contributed by atoms with Crippen LogP contribution in [0.4, 0.5) is 26.3 Å². The van der Waals surface area contributed by atoms with Crippen molar-refractivity contribution >= 4 is 18.1 Å². The van der Waals surface area contributed by atoms with Crippen LogP contribution in [0.25, 0.3) is 11.4 Å². The Morgan fingerprint density at radius 2 is 1.69 bits per heavy atom. The Morgan fingerprint density at radius 1 is 1.06 bits per heavy atom. The number of nitrogens with zero attached hydrogens (tertiary/aromatic N) is 3. The molecule has 36 heavy (non-hydrogen) atoms. The zero-order valence-corrected chi connectivity index (χ0v) is 19.6. The molecule has 1 atom stereocenters. The number of aromatic nitrogens is 2. The second-order valence-corrected chi connectivity index (χ2v) is 8.09. The monoisotopic (exact) mass is 534 g/mol. The highest BCUT2D eigenvalue weighted by molar-refractivity contribution is 5.98. The van der Waals surface area contributed by atoms with E-state index in [1.807, 2.05) is 0 Å². The first-order valence-corrected chi connectivity index (χ1v) is 10.6. The van der Waals surface area contributed by atoms with Gasteiger partial charge in [-0.2, -0.15) is 31.3 Å². The summed E-state index contributed by atoms with van der Waals surface area (Å²) in [5.41, 5.74) is -1.38. The third-order valence-electron chi connectivity index (χ3n) is 5.49. The van der Waals surface area contributed by atoms with Crippen molar-refractivity contribution in [1.82, 2.24) is 15.5 Å². The van der Waals surface area contributed by atoms with E-state index in [-0.39, 0.29) is 30.0 Å². The molecule has 194 valence electrons. The van der Waals surface area contributed by atoms with Crippen LogP contribution in [0.3, 0.4) is 0 Å². The molecule has 3 aromatic rings. The van der Waals surface area contributed by atoms with E-state index in [0.29, 0.717) is 40.7 Å². The maximum absolute atomic E-state index is 13.0. The SMILES string of the molecule is CC(=NOCc1cc(C(F)(F)F)cc(C(F)(F)F)c1)c1ccc(-c2noc([C@@H]3CCNC3)n2)cc1.Cl. The van der Waals surface area contributed by atoms with E-state index in [1.54, 1.807) is 31.2 Å². The minimum Gasteiger partial charge on any atom is -0.391 e. The van der Waals surface area contributed by atoms with Crippen molar-refractivity contribution in [2.75, 3.05) is 13.1 Å². The Labute approximate surface area is 208 Å². The molecule has 0 unspecified atom stereocenters. The van der Waals surface area contributed by atoms with Crippen LogP contribution in [-0.2, 0) is 23.8 Å². The molecule has 2 aromatic carbocycles. The Kier molecular flexibility index (Phi) is 8.29. The number of hydrogen-bond donors (Lipinski definition) is 1. The second kappa shape index (κ2) is 10.9. The van der Waals surface area contributed by atoms with Gasteiger partial charge in [-0.25, -0.2) is 0 Å². The van der Waals surface area contributed by atoms with Crippen molar-refractivity contribution < 1.29 is 35.7 Å². The molecular weight excluding hydrogens is 514 g/mol. The Morgan fingerprint density at radius 3 is 2.25 bits per heavy atom. The maximum Gasteiger partial charge on any atom is 0.416 e. The molecule has 1 aliphatic rings. The zero-order chi connectivity index (χ0) is 25.2. The summed E-state index contributed by atoms with van der Waals surface area (Å²) in [6, 6.07) is 8.21. The molecule has 4 rings (SSSR count). The molecule has 0 spiro atoms. The lowest BCUT2D eigenvalue weighted by Crippen LogP contribution is -2.12. The van der Waals surface area contributed by atoms with Crippen molar-refractivity contribution in [1.29, 1.82) is 0 Å². The van der Waals surface area contributed by atoms with Crippen LogP contribution in [0.1, 0.15) is 47.4 Å². The average Bonchev–Trinajstić information content (AvgIpc) is 3.50. The minimum atomic E-state index is -4.93. The van der Waals surface area contributed by atoms with Gasteiger partial charge in [0.2, 0.25) is 11.7 Å². The fraction of sp³-hybridized carbons (Fsp3) is 0.348. The van der Waals surface area contributed by atoms with Crippen LogP contribution in [0.2, 0.25) is 0 Å². The predicted molar refractivity (Wildman–Crippen MR) is 121 cm³/mol. The lowest BCUT2D eigenvalue weighted by Gasteiger charge is -2.13. The van der Waals surface area contributed by atoms with E-state index >= 15 is 0 Å². The van der Waals surface area contributed by atoms with Gasteiger partial charge in [-0.1, -0.05) is 34.6 Å². The summed E-state index contributed by atoms with van der Waals surface area (Å²) < 4.78 is 83.3. The number of rotatable bonds is 6. The zero-order valence-electron chi connectivity index (χ0n) is 18.8. The van der Waals surface area contributed by atoms with Gasteiger partial charge in [0.1, 0.15) is 6.61 Å². The quantitative estimate of drug-likeness (QED) is 0.231.